The van der Waals surface area contributed by atoms with Gasteiger partial charge in [0.2, 0.25) is 10.0 Å². The van der Waals surface area contributed by atoms with Crippen LogP contribution in [-0.4, -0.2) is 26.8 Å². The Kier molecular flexibility index (Phi) is 7.13. The molecule has 0 aromatic heterocycles. The molecule has 0 unspecified atom stereocenters. The fourth-order valence-corrected chi connectivity index (χ4v) is 2.36. The van der Waals surface area contributed by atoms with Crippen molar-refractivity contribution in [2.24, 2.45) is 5.73 Å². The lowest BCUT2D eigenvalue weighted by Crippen LogP contribution is -2.35. The summed E-state index contributed by atoms with van der Waals surface area (Å²) in [6.45, 7) is 3.89. The molecule has 0 radical (unpaired) electrons. The SMILES string of the molecule is CC(C)N.CS(=O)(=O)NC1CCCCC1.[HH].[HH]. The van der Waals surface area contributed by atoms with Crippen molar-refractivity contribution in [2.45, 2.75) is 58.0 Å². The lowest BCUT2D eigenvalue weighted by Gasteiger charge is -2.21. The van der Waals surface area contributed by atoms with Gasteiger partial charge in [0.25, 0.3) is 0 Å². The number of sulfonamides is 1. The highest BCUT2D eigenvalue weighted by molar-refractivity contribution is 7.88. The molecule has 0 aromatic rings. The second-order valence-corrected chi connectivity index (χ2v) is 6.25. The van der Waals surface area contributed by atoms with Crippen LogP contribution in [0, 0.1) is 0 Å². The summed E-state index contributed by atoms with van der Waals surface area (Å²) < 4.78 is 24.2. The molecule has 0 atom stereocenters. The fourth-order valence-electron chi connectivity index (χ4n) is 1.52. The predicted molar refractivity (Wildman–Crippen MR) is 68.4 cm³/mol. The van der Waals surface area contributed by atoms with Gasteiger partial charge in [0.05, 0.1) is 6.26 Å². The third kappa shape index (κ3) is 11.8. The summed E-state index contributed by atoms with van der Waals surface area (Å²) in [5.41, 5.74) is 5.11. The summed E-state index contributed by atoms with van der Waals surface area (Å²) >= 11 is 0. The van der Waals surface area contributed by atoms with E-state index in [4.69, 9.17) is 5.73 Å². The Balaban J connectivity index is -0.000000289. The molecule has 0 spiro atoms. The van der Waals surface area contributed by atoms with Gasteiger partial charge < -0.3 is 5.73 Å². The minimum atomic E-state index is -2.97. The molecule has 0 amide bonds. The van der Waals surface area contributed by atoms with Gasteiger partial charge in [-0.2, -0.15) is 0 Å². The van der Waals surface area contributed by atoms with Crippen LogP contribution in [0.3, 0.4) is 0 Å². The lowest BCUT2D eigenvalue weighted by molar-refractivity contribution is 0.413. The van der Waals surface area contributed by atoms with Crippen LogP contribution >= 0.6 is 0 Å². The van der Waals surface area contributed by atoms with E-state index in [9.17, 15) is 8.42 Å². The van der Waals surface area contributed by atoms with Crippen molar-refractivity contribution < 1.29 is 11.3 Å². The zero-order valence-electron chi connectivity index (χ0n) is 9.99. The summed E-state index contributed by atoms with van der Waals surface area (Å²) in [7, 11) is -2.97. The second-order valence-electron chi connectivity index (χ2n) is 4.47. The van der Waals surface area contributed by atoms with Crippen molar-refractivity contribution in [3.63, 3.8) is 0 Å². The molecule has 1 fully saturated rings. The minimum Gasteiger partial charge on any atom is -0.328 e. The number of nitrogens with one attached hydrogen (secondary N) is 1. The third-order valence-electron chi connectivity index (χ3n) is 1.99. The first kappa shape index (κ1) is 14.9. The average Bonchev–Trinajstić information content (AvgIpc) is 2.01. The molecule has 0 heterocycles. The van der Waals surface area contributed by atoms with Crippen LogP contribution in [0.2, 0.25) is 0 Å². The maximum Gasteiger partial charge on any atom is 0.208 e. The van der Waals surface area contributed by atoms with Crippen LogP contribution in [0.5, 0.6) is 0 Å². The van der Waals surface area contributed by atoms with Crippen molar-refractivity contribution in [2.75, 3.05) is 6.26 Å². The van der Waals surface area contributed by atoms with Crippen LogP contribution < -0.4 is 10.5 Å². The summed E-state index contributed by atoms with van der Waals surface area (Å²) in [5, 5.41) is 0. The van der Waals surface area contributed by atoms with Crippen molar-refractivity contribution >= 4 is 10.0 Å². The Morgan fingerprint density at radius 3 is 2.00 bits per heavy atom. The van der Waals surface area contributed by atoms with Crippen LogP contribution in [0.25, 0.3) is 0 Å². The van der Waals surface area contributed by atoms with E-state index in [1.165, 1.54) is 12.7 Å². The first-order valence-corrected chi connectivity index (χ1v) is 7.43. The van der Waals surface area contributed by atoms with Gasteiger partial charge in [0.1, 0.15) is 0 Å². The van der Waals surface area contributed by atoms with Gasteiger partial charge in [-0.05, 0) is 18.9 Å². The first-order chi connectivity index (χ1) is 6.81. The quantitative estimate of drug-likeness (QED) is 0.772. The number of hydrogen-bond acceptors (Lipinski definition) is 3. The normalized spacial score (nSPS) is 18.5. The maximum atomic E-state index is 10.8. The third-order valence-corrected chi connectivity index (χ3v) is 2.75. The first-order valence-electron chi connectivity index (χ1n) is 5.54. The maximum absolute atomic E-state index is 10.8. The van der Waals surface area contributed by atoms with Crippen LogP contribution in [0.1, 0.15) is 48.8 Å². The van der Waals surface area contributed by atoms with E-state index in [1.54, 1.807) is 0 Å². The van der Waals surface area contributed by atoms with Gasteiger partial charge in [0, 0.05) is 8.90 Å². The standard InChI is InChI=1S/C7H15NO2S.C3H9N.2H2/c1-11(9,10)8-7-5-3-2-4-6-7;1-3(2)4;;/h7-8H,2-6H2,1H3;3H,4H2,1-2H3;2*1H. The Labute approximate surface area is 96.6 Å². The van der Waals surface area contributed by atoms with Crippen molar-refractivity contribution in [3.05, 3.63) is 0 Å². The molecule has 4 nitrogen and oxygen atoms in total. The molecular formula is C10H28N2O2S. The van der Waals surface area contributed by atoms with E-state index in [2.05, 4.69) is 4.72 Å². The molecule has 15 heavy (non-hydrogen) atoms. The second kappa shape index (κ2) is 7.19. The molecule has 0 aromatic carbocycles. The topological polar surface area (TPSA) is 72.2 Å². The molecule has 0 aliphatic heterocycles. The summed E-state index contributed by atoms with van der Waals surface area (Å²) in [6, 6.07) is 0.541. The smallest absolute Gasteiger partial charge is 0.208 e. The number of rotatable bonds is 2. The van der Waals surface area contributed by atoms with Gasteiger partial charge in [-0.25, -0.2) is 13.1 Å². The lowest BCUT2D eigenvalue weighted by atomic mass is 9.96. The highest BCUT2D eigenvalue weighted by Crippen LogP contribution is 2.17. The van der Waals surface area contributed by atoms with E-state index in [0.717, 1.165) is 25.7 Å². The molecule has 1 aliphatic rings. The van der Waals surface area contributed by atoms with Crippen LogP contribution in [-0.2, 0) is 10.0 Å². The summed E-state index contributed by atoms with van der Waals surface area (Å²) in [6.07, 6.45) is 6.81. The number of hydrogen-bond donors (Lipinski definition) is 2. The molecule has 1 rings (SSSR count). The van der Waals surface area contributed by atoms with Gasteiger partial charge in [0.15, 0.2) is 0 Å². The van der Waals surface area contributed by atoms with Gasteiger partial charge in [-0.1, -0.05) is 33.1 Å². The van der Waals surface area contributed by atoms with E-state index in [0.29, 0.717) is 6.04 Å². The average molecular weight is 240 g/mol. The summed E-state index contributed by atoms with van der Waals surface area (Å²) in [4.78, 5) is 0. The molecule has 1 aliphatic carbocycles. The summed E-state index contributed by atoms with van der Waals surface area (Å²) in [5.74, 6) is 0. The largest absolute Gasteiger partial charge is 0.328 e. The van der Waals surface area contributed by atoms with Crippen molar-refractivity contribution in [1.82, 2.24) is 4.72 Å². The van der Waals surface area contributed by atoms with Crippen molar-refractivity contribution in [1.29, 1.82) is 0 Å². The molecular weight excluding hydrogens is 212 g/mol. The van der Waals surface area contributed by atoms with Gasteiger partial charge in [-0.3, -0.25) is 0 Å². The Hall–Kier alpha value is -0.130. The highest BCUT2D eigenvalue weighted by Gasteiger charge is 2.16. The Morgan fingerprint density at radius 1 is 1.27 bits per heavy atom. The molecule has 3 N–H and O–H groups in total. The zero-order valence-corrected chi connectivity index (χ0v) is 10.8. The van der Waals surface area contributed by atoms with E-state index in [1.807, 2.05) is 13.8 Å². The van der Waals surface area contributed by atoms with Gasteiger partial charge in [-0.15, -0.1) is 0 Å². The fraction of sp³-hybridized carbons (Fsp3) is 1.00. The zero-order chi connectivity index (χ0) is 11.9. The monoisotopic (exact) mass is 240 g/mol. The van der Waals surface area contributed by atoms with Crippen molar-refractivity contribution in [3.8, 4) is 0 Å². The van der Waals surface area contributed by atoms with Crippen LogP contribution in [0.4, 0.5) is 0 Å². The Morgan fingerprint density at radius 2 is 1.67 bits per heavy atom. The minimum absolute atomic E-state index is 0. The highest BCUT2D eigenvalue weighted by atomic mass is 32.2. The number of nitrogens with two attached hydrogens (primary N) is 1. The Bertz CT molecular complexity index is 250. The van der Waals surface area contributed by atoms with E-state index in [-0.39, 0.29) is 8.90 Å². The molecule has 0 saturated heterocycles. The molecule has 5 heteroatoms. The van der Waals surface area contributed by atoms with Crippen LogP contribution in [0.15, 0.2) is 0 Å². The molecule has 0 bridgehead atoms. The van der Waals surface area contributed by atoms with Gasteiger partial charge >= 0.3 is 0 Å². The molecule has 96 valence electrons. The predicted octanol–water partition coefficient (Wildman–Crippen LogP) is 1.71. The van der Waals surface area contributed by atoms with E-state index >= 15 is 0 Å². The molecule has 1 saturated carbocycles. The van der Waals surface area contributed by atoms with E-state index < -0.39 is 10.0 Å².